The Morgan fingerprint density at radius 2 is 2.17 bits per heavy atom. The lowest BCUT2D eigenvalue weighted by Crippen LogP contribution is -2.53. The fraction of sp³-hybridized carbons (Fsp3) is 0.583. The van der Waals surface area contributed by atoms with E-state index in [0.29, 0.717) is 12.0 Å². The number of fused-ring (bicyclic) bond motifs is 3. The summed E-state index contributed by atoms with van der Waals surface area (Å²) >= 11 is 0. The SMILES string of the molecule is O=[N+]([O-])c1ccc(NC2CN3CCC2CC3)nc1. The number of nitrogens with one attached hydrogen (secondary N) is 1. The minimum Gasteiger partial charge on any atom is -0.366 e. The second-order valence-corrected chi connectivity index (χ2v) is 5.05. The van der Waals surface area contributed by atoms with E-state index in [1.165, 1.54) is 38.2 Å². The number of nitro groups is 1. The van der Waals surface area contributed by atoms with Gasteiger partial charge < -0.3 is 10.2 Å². The molecule has 6 nitrogen and oxygen atoms in total. The molecule has 6 heteroatoms. The first kappa shape index (κ1) is 11.4. The fourth-order valence-corrected chi connectivity index (χ4v) is 2.90. The molecule has 0 amide bonds. The minimum absolute atomic E-state index is 0.0365. The summed E-state index contributed by atoms with van der Waals surface area (Å²) in [7, 11) is 0. The lowest BCUT2D eigenvalue weighted by molar-refractivity contribution is -0.385. The third-order valence-electron chi connectivity index (χ3n) is 3.95. The first-order chi connectivity index (χ1) is 8.72. The molecule has 1 N–H and O–H groups in total. The van der Waals surface area contributed by atoms with E-state index < -0.39 is 4.92 Å². The zero-order chi connectivity index (χ0) is 12.5. The van der Waals surface area contributed by atoms with Gasteiger partial charge in [-0.2, -0.15) is 0 Å². The van der Waals surface area contributed by atoms with Crippen LogP contribution >= 0.6 is 0 Å². The van der Waals surface area contributed by atoms with E-state index in [-0.39, 0.29) is 5.69 Å². The highest BCUT2D eigenvalue weighted by atomic mass is 16.6. The molecule has 3 aliphatic heterocycles. The molecule has 4 heterocycles. The van der Waals surface area contributed by atoms with E-state index in [1.54, 1.807) is 6.07 Å². The summed E-state index contributed by atoms with van der Waals surface area (Å²) in [4.78, 5) is 16.7. The van der Waals surface area contributed by atoms with Crippen LogP contribution in [0.3, 0.4) is 0 Å². The summed E-state index contributed by atoms with van der Waals surface area (Å²) in [6, 6.07) is 3.62. The van der Waals surface area contributed by atoms with E-state index in [4.69, 9.17) is 0 Å². The average molecular weight is 248 g/mol. The van der Waals surface area contributed by atoms with Crippen molar-refractivity contribution in [3.63, 3.8) is 0 Å². The predicted octanol–water partition coefficient (Wildman–Crippen LogP) is 1.50. The molecular formula is C12H16N4O2. The van der Waals surface area contributed by atoms with Crippen molar-refractivity contribution in [1.82, 2.24) is 9.88 Å². The van der Waals surface area contributed by atoms with Crippen LogP contribution in [0, 0.1) is 16.0 Å². The van der Waals surface area contributed by atoms with Crippen LogP contribution in [0.15, 0.2) is 18.3 Å². The Hall–Kier alpha value is -1.69. The molecule has 3 fully saturated rings. The fourth-order valence-electron chi connectivity index (χ4n) is 2.90. The molecule has 3 aliphatic rings. The van der Waals surface area contributed by atoms with Crippen molar-refractivity contribution in [3.8, 4) is 0 Å². The number of piperidine rings is 3. The van der Waals surface area contributed by atoms with Crippen molar-refractivity contribution < 1.29 is 4.92 Å². The third kappa shape index (κ3) is 2.15. The van der Waals surface area contributed by atoms with Crippen LogP contribution in [0.25, 0.3) is 0 Å². The van der Waals surface area contributed by atoms with Gasteiger partial charge in [-0.3, -0.25) is 10.1 Å². The van der Waals surface area contributed by atoms with Gasteiger partial charge in [0, 0.05) is 18.7 Å². The van der Waals surface area contributed by atoms with Gasteiger partial charge >= 0.3 is 0 Å². The molecule has 2 bridgehead atoms. The largest absolute Gasteiger partial charge is 0.366 e. The smallest absolute Gasteiger partial charge is 0.287 e. The highest BCUT2D eigenvalue weighted by Gasteiger charge is 2.34. The Kier molecular flexibility index (Phi) is 2.87. The molecule has 0 saturated carbocycles. The minimum atomic E-state index is -0.426. The highest BCUT2D eigenvalue weighted by Crippen LogP contribution is 2.29. The van der Waals surface area contributed by atoms with Gasteiger partial charge in [-0.25, -0.2) is 4.98 Å². The van der Waals surface area contributed by atoms with Crippen molar-refractivity contribution in [1.29, 1.82) is 0 Å². The molecule has 0 aromatic carbocycles. The quantitative estimate of drug-likeness (QED) is 0.648. The van der Waals surface area contributed by atoms with Gasteiger partial charge in [-0.15, -0.1) is 0 Å². The van der Waals surface area contributed by atoms with Gasteiger partial charge in [0.05, 0.1) is 4.92 Å². The van der Waals surface area contributed by atoms with E-state index in [0.717, 1.165) is 12.4 Å². The Morgan fingerprint density at radius 1 is 1.39 bits per heavy atom. The van der Waals surface area contributed by atoms with E-state index in [2.05, 4.69) is 15.2 Å². The van der Waals surface area contributed by atoms with E-state index >= 15 is 0 Å². The maximum absolute atomic E-state index is 10.5. The topological polar surface area (TPSA) is 71.3 Å². The van der Waals surface area contributed by atoms with E-state index in [1.807, 2.05) is 0 Å². The maximum Gasteiger partial charge on any atom is 0.287 e. The van der Waals surface area contributed by atoms with Crippen molar-refractivity contribution in [3.05, 3.63) is 28.4 Å². The van der Waals surface area contributed by atoms with Crippen LogP contribution in [0.5, 0.6) is 0 Å². The van der Waals surface area contributed by atoms with Crippen LogP contribution in [-0.2, 0) is 0 Å². The van der Waals surface area contributed by atoms with E-state index in [9.17, 15) is 10.1 Å². The van der Waals surface area contributed by atoms with Crippen LogP contribution in [-0.4, -0.2) is 40.5 Å². The van der Waals surface area contributed by atoms with Crippen LogP contribution in [0.2, 0.25) is 0 Å². The molecule has 4 rings (SSSR count). The summed E-state index contributed by atoms with van der Waals surface area (Å²) in [6.45, 7) is 3.47. The lowest BCUT2D eigenvalue weighted by Gasteiger charge is -2.45. The van der Waals surface area contributed by atoms with Crippen LogP contribution in [0.4, 0.5) is 11.5 Å². The summed E-state index contributed by atoms with van der Waals surface area (Å²) in [5, 5.41) is 13.9. The second kappa shape index (κ2) is 4.53. The standard InChI is InChI=1S/C12H16N4O2/c17-16(18)10-1-2-12(13-7-10)14-11-8-15-5-3-9(11)4-6-15/h1-2,7,9,11H,3-6,8H2,(H,13,14). The highest BCUT2D eigenvalue weighted by molar-refractivity contribution is 5.41. The zero-order valence-corrected chi connectivity index (χ0v) is 10.1. The lowest BCUT2D eigenvalue weighted by atomic mass is 9.84. The average Bonchev–Trinajstić information content (AvgIpc) is 2.41. The van der Waals surface area contributed by atoms with Gasteiger partial charge in [0.2, 0.25) is 0 Å². The third-order valence-corrected chi connectivity index (χ3v) is 3.95. The molecule has 1 aromatic heterocycles. The summed E-state index contributed by atoms with van der Waals surface area (Å²) < 4.78 is 0. The molecule has 0 radical (unpaired) electrons. The van der Waals surface area contributed by atoms with Crippen molar-refractivity contribution in [2.24, 2.45) is 5.92 Å². The number of nitrogens with zero attached hydrogens (tertiary/aromatic N) is 3. The van der Waals surface area contributed by atoms with Crippen molar-refractivity contribution in [2.75, 3.05) is 25.0 Å². The molecule has 1 atom stereocenters. The molecule has 1 aromatic rings. The first-order valence-electron chi connectivity index (χ1n) is 6.32. The van der Waals surface area contributed by atoms with Gasteiger partial charge in [0.1, 0.15) is 12.0 Å². The number of aromatic nitrogens is 1. The van der Waals surface area contributed by atoms with Gasteiger partial charge in [-0.1, -0.05) is 0 Å². The number of pyridine rings is 1. The molecule has 3 saturated heterocycles. The molecule has 0 spiro atoms. The molecule has 96 valence electrons. The number of anilines is 1. The number of rotatable bonds is 3. The maximum atomic E-state index is 10.5. The van der Waals surface area contributed by atoms with Crippen LogP contribution in [0.1, 0.15) is 12.8 Å². The van der Waals surface area contributed by atoms with Gasteiger partial charge in [0.15, 0.2) is 0 Å². The molecule has 18 heavy (non-hydrogen) atoms. The first-order valence-corrected chi connectivity index (χ1v) is 6.32. The van der Waals surface area contributed by atoms with Crippen LogP contribution < -0.4 is 5.32 Å². The Balaban J connectivity index is 1.67. The second-order valence-electron chi connectivity index (χ2n) is 5.05. The van der Waals surface area contributed by atoms with Gasteiger partial charge in [0.25, 0.3) is 5.69 Å². The summed E-state index contributed by atoms with van der Waals surface area (Å²) in [5.74, 6) is 1.45. The summed E-state index contributed by atoms with van der Waals surface area (Å²) in [5.41, 5.74) is 0.0365. The molecule has 1 unspecified atom stereocenters. The zero-order valence-electron chi connectivity index (χ0n) is 10.1. The normalized spacial score (nSPS) is 30.1. The number of hydrogen-bond acceptors (Lipinski definition) is 5. The van der Waals surface area contributed by atoms with Gasteiger partial charge in [-0.05, 0) is 37.9 Å². The Bertz CT molecular complexity index is 440. The van der Waals surface area contributed by atoms with Crippen molar-refractivity contribution in [2.45, 2.75) is 18.9 Å². The van der Waals surface area contributed by atoms with Crippen molar-refractivity contribution >= 4 is 11.5 Å². The molecule has 0 aliphatic carbocycles. The predicted molar refractivity (Wildman–Crippen MR) is 67.5 cm³/mol. The molecular weight excluding hydrogens is 232 g/mol. The Morgan fingerprint density at radius 3 is 2.67 bits per heavy atom. The number of hydrogen-bond donors (Lipinski definition) is 1. The summed E-state index contributed by atoms with van der Waals surface area (Å²) in [6.07, 6.45) is 3.79. The Labute approximate surface area is 105 Å². The monoisotopic (exact) mass is 248 g/mol.